The highest BCUT2D eigenvalue weighted by atomic mass is 19.3. The average Bonchev–Trinajstić information content (AvgIpc) is 2.66. The SMILES string of the molecule is NC(=O)C1CC2CC2(COC(F)F)N1. The predicted molar refractivity (Wildman–Crippen MR) is 43.5 cm³/mol. The van der Waals surface area contributed by atoms with Gasteiger partial charge in [-0.05, 0) is 18.8 Å². The molecule has 0 aromatic rings. The van der Waals surface area contributed by atoms with Crippen LogP contribution in [0.5, 0.6) is 0 Å². The van der Waals surface area contributed by atoms with Gasteiger partial charge < -0.3 is 10.5 Å². The van der Waals surface area contributed by atoms with E-state index in [1.807, 2.05) is 0 Å². The molecule has 3 atom stereocenters. The van der Waals surface area contributed by atoms with Crippen molar-refractivity contribution in [2.45, 2.75) is 31.0 Å². The third-order valence-corrected chi connectivity index (χ3v) is 3.02. The fourth-order valence-electron chi connectivity index (χ4n) is 2.17. The van der Waals surface area contributed by atoms with Crippen molar-refractivity contribution in [3.8, 4) is 0 Å². The Morgan fingerprint density at radius 2 is 2.43 bits per heavy atom. The van der Waals surface area contributed by atoms with E-state index in [1.165, 1.54) is 0 Å². The van der Waals surface area contributed by atoms with Crippen molar-refractivity contribution in [2.75, 3.05) is 6.61 Å². The maximum Gasteiger partial charge on any atom is 0.345 e. The Labute approximate surface area is 79.8 Å². The Kier molecular flexibility index (Phi) is 2.19. The van der Waals surface area contributed by atoms with Gasteiger partial charge in [0.15, 0.2) is 0 Å². The van der Waals surface area contributed by atoms with E-state index in [0.717, 1.165) is 6.42 Å². The number of amides is 1. The van der Waals surface area contributed by atoms with E-state index >= 15 is 0 Å². The number of ether oxygens (including phenoxy) is 1. The highest BCUT2D eigenvalue weighted by molar-refractivity contribution is 5.80. The fourth-order valence-corrected chi connectivity index (χ4v) is 2.17. The highest BCUT2D eigenvalue weighted by Crippen LogP contribution is 2.51. The van der Waals surface area contributed by atoms with Crippen molar-refractivity contribution in [3.05, 3.63) is 0 Å². The van der Waals surface area contributed by atoms with E-state index in [9.17, 15) is 13.6 Å². The minimum atomic E-state index is -2.75. The van der Waals surface area contributed by atoms with Gasteiger partial charge in [0, 0.05) is 5.54 Å². The monoisotopic (exact) mass is 206 g/mol. The largest absolute Gasteiger partial charge is 0.368 e. The summed E-state index contributed by atoms with van der Waals surface area (Å²) in [5, 5.41) is 2.96. The number of carbonyl (C=O) groups excluding carboxylic acids is 1. The zero-order valence-electron chi connectivity index (χ0n) is 7.50. The second-order valence-corrected chi connectivity index (χ2v) is 3.96. The van der Waals surface area contributed by atoms with Crippen LogP contribution in [0.2, 0.25) is 0 Å². The minimum Gasteiger partial charge on any atom is -0.368 e. The number of alkyl halides is 2. The molecular weight excluding hydrogens is 194 g/mol. The molecule has 0 radical (unpaired) electrons. The number of nitrogens with two attached hydrogens (primary N) is 1. The van der Waals surface area contributed by atoms with Crippen LogP contribution in [0.15, 0.2) is 0 Å². The first kappa shape index (κ1) is 9.79. The lowest BCUT2D eigenvalue weighted by molar-refractivity contribution is -0.136. The van der Waals surface area contributed by atoms with Crippen molar-refractivity contribution >= 4 is 5.91 Å². The van der Waals surface area contributed by atoms with Crippen LogP contribution >= 0.6 is 0 Å². The first-order valence-electron chi connectivity index (χ1n) is 4.50. The molecule has 1 heterocycles. The molecule has 14 heavy (non-hydrogen) atoms. The van der Waals surface area contributed by atoms with Crippen LogP contribution in [-0.2, 0) is 9.53 Å². The molecule has 1 aliphatic heterocycles. The van der Waals surface area contributed by atoms with Crippen LogP contribution in [0.4, 0.5) is 8.78 Å². The van der Waals surface area contributed by atoms with Crippen LogP contribution in [-0.4, -0.2) is 30.7 Å². The third-order valence-electron chi connectivity index (χ3n) is 3.02. The minimum absolute atomic E-state index is 0.0425. The molecule has 1 saturated heterocycles. The number of hydrogen-bond acceptors (Lipinski definition) is 3. The van der Waals surface area contributed by atoms with Gasteiger partial charge in [-0.3, -0.25) is 10.1 Å². The molecule has 1 amide bonds. The van der Waals surface area contributed by atoms with E-state index in [0.29, 0.717) is 6.42 Å². The van der Waals surface area contributed by atoms with E-state index in [4.69, 9.17) is 5.73 Å². The lowest BCUT2D eigenvalue weighted by Gasteiger charge is -2.16. The van der Waals surface area contributed by atoms with Crippen LogP contribution < -0.4 is 11.1 Å². The van der Waals surface area contributed by atoms with Crippen molar-refractivity contribution in [2.24, 2.45) is 11.7 Å². The van der Waals surface area contributed by atoms with Gasteiger partial charge in [0.25, 0.3) is 0 Å². The second-order valence-electron chi connectivity index (χ2n) is 3.96. The molecule has 3 N–H and O–H groups in total. The van der Waals surface area contributed by atoms with E-state index in [1.54, 1.807) is 0 Å². The summed E-state index contributed by atoms with van der Waals surface area (Å²) in [4.78, 5) is 10.8. The Bertz CT molecular complexity index is 262. The molecule has 1 aliphatic carbocycles. The average molecular weight is 206 g/mol. The number of rotatable bonds is 4. The Balaban J connectivity index is 1.86. The van der Waals surface area contributed by atoms with Crippen LogP contribution in [0.25, 0.3) is 0 Å². The molecule has 1 saturated carbocycles. The smallest absolute Gasteiger partial charge is 0.345 e. The van der Waals surface area contributed by atoms with Crippen molar-refractivity contribution in [3.63, 3.8) is 0 Å². The summed E-state index contributed by atoms with van der Waals surface area (Å²) >= 11 is 0. The molecule has 80 valence electrons. The first-order chi connectivity index (χ1) is 6.53. The number of halogens is 2. The van der Waals surface area contributed by atoms with Gasteiger partial charge in [0.2, 0.25) is 5.91 Å². The lowest BCUT2D eigenvalue weighted by atomic mass is 10.2. The normalized spacial score (nSPS) is 39.9. The Hall–Kier alpha value is -0.750. The van der Waals surface area contributed by atoms with Gasteiger partial charge in [0.1, 0.15) is 0 Å². The summed E-state index contributed by atoms with van der Waals surface area (Å²) in [6.45, 7) is -2.79. The Morgan fingerprint density at radius 3 is 2.93 bits per heavy atom. The quantitative estimate of drug-likeness (QED) is 0.671. The molecule has 4 nitrogen and oxygen atoms in total. The summed E-state index contributed by atoms with van der Waals surface area (Å²) in [6.07, 6.45) is 1.44. The van der Waals surface area contributed by atoms with Crippen LogP contribution in [0.3, 0.4) is 0 Å². The molecule has 0 spiro atoms. The van der Waals surface area contributed by atoms with Gasteiger partial charge in [0.05, 0.1) is 12.6 Å². The van der Waals surface area contributed by atoms with Crippen LogP contribution in [0.1, 0.15) is 12.8 Å². The summed E-state index contributed by atoms with van der Waals surface area (Å²) < 4.78 is 27.8. The van der Waals surface area contributed by atoms with E-state index < -0.39 is 18.1 Å². The van der Waals surface area contributed by atoms with Gasteiger partial charge >= 0.3 is 6.61 Å². The van der Waals surface area contributed by atoms with Crippen LogP contribution in [0, 0.1) is 5.92 Å². The summed E-state index contributed by atoms with van der Waals surface area (Å²) in [5.74, 6) is -0.160. The van der Waals surface area contributed by atoms with Gasteiger partial charge in [-0.25, -0.2) is 0 Å². The van der Waals surface area contributed by atoms with Crippen molar-refractivity contribution < 1.29 is 18.3 Å². The zero-order chi connectivity index (χ0) is 10.3. The molecule has 0 bridgehead atoms. The summed E-state index contributed by atoms with van der Waals surface area (Å²) in [6, 6.07) is -0.380. The summed E-state index contributed by atoms with van der Waals surface area (Å²) in [7, 11) is 0. The van der Waals surface area contributed by atoms with Gasteiger partial charge in [-0.1, -0.05) is 0 Å². The number of piperidine rings is 1. The Morgan fingerprint density at radius 1 is 1.71 bits per heavy atom. The topological polar surface area (TPSA) is 64.4 Å². The number of carbonyl (C=O) groups is 1. The fraction of sp³-hybridized carbons (Fsp3) is 0.875. The van der Waals surface area contributed by atoms with E-state index in [-0.39, 0.29) is 18.6 Å². The zero-order valence-corrected chi connectivity index (χ0v) is 7.50. The molecule has 0 aromatic carbocycles. The molecule has 0 aromatic heterocycles. The van der Waals surface area contributed by atoms with Gasteiger partial charge in [-0.15, -0.1) is 0 Å². The van der Waals surface area contributed by atoms with E-state index in [2.05, 4.69) is 10.1 Å². The first-order valence-corrected chi connectivity index (χ1v) is 4.50. The highest BCUT2D eigenvalue weighted by Gasteiger charge is 2.61. The van der Waals surface area contributed by atoms with Gasteiger partial charge in [-0.2, -0.15) is 8.78 Å². The maximum atomic E-state index is 11.8. The maximum absolute atomic E-state index is 11.8. The standard InChI is InChI=1S/C8H12F2N2O2/c9-7(10)14-3-8-2-4(8)1-5(12-8)6(11)13/h4-5,7,12H,1-3H2,(H2,11,13). The molecular formula is C8H12F2N2O2. The number of nitrogens with one attached hydrogen (secondary N) is 1. The predicted octanol–water partition coefficient (Wildman–Crippen LogP) is -0.169. The molecule has 2 rings (SSSR count). The summed E-state index contributed by atoms with van der Waals surface area (Å²) in [5.41, 5.74) is 4.70. The third kappa shape index (κ3) is 1.59. The number of fused-ring (bicyclic) bond motifs is 1. The number of hydrogen-bond donors (Lipinski definition) is 2. The molecule has 3 unspecified atom stereocenters. The molecule has 6 heteroatoms. The number of primary amides is 1. The lowest BCUT2D eigenvalue weighted by Crippen LogP contribution is -2.45. The van der Waals surface area contributed by atoms with Crippen molar-refractivity contribution in [1.29, 1.82) is 0 Å². The molecule has 2 fully saturated rings. The second kappa shape index (κ2) is 3.13. The van der Waals surface area contributed by atoms with Crippen molar-refractivity contribution in [1.82, 2.24) is 5.32 Å². The molecule has 2 aliphatic rings.